The Bertz CT molecular complexity index is 651. The van der Waals surface area contributed by atoms with Gasteiger partial charge in [0.2, 0.25) is 0 Å². The maximum Gasteiger partial charge on any atom is 0.135 e. The van der Waals surface area contributed by atoms with Crippen LogP contribution in [0.15, 0.2) is 46.6 Å². The van der Waals surface area contributed by atoms with Gasteiger partial charge in [-0.15, -0.1) is 0 Å². The van der Waals surface area contributed by atoms with E-state index in [4.69, 9.17) is 0 Å². The third-order valence-corrected chi connectivity index (χ3v) is 3.07. The average molecular weight is 286 g/mol. The minimum Gasteiger partial charge on any atom is -0.206 e. The molecule has 108 valence electrons. The second-order valence-corrected chi connectivity index (χ2v) is 4.73. The van der Waals surface area contributed by atoms with Crippen LogP contribution in [-0.2, 0) is 6.42 Å². The van der Waals surface area contributed by atoms with Crippen LogP contribution in [0.4, 0.5) is 8.78 Å². The highest BCUT2D eigenvalue weighted by Gasteiger charge is 2.07. The molecule has 0 amide bonds. The molecule has 4 heteroatoms. The minimum absolute atomic E-state index is 0.181. The van der Waals surface area contributed by atoms with Crippen molar-refractivity contribution in [2.24, 2.45) is 10.2 Å². The van der Waals surface area contributed by atoms with Gasteiger partial charge in [-0.2, -0.15) is 10.2 Å². The lowest BCUT2D eigenvalue weighted by atomic mass is 10.1. The molecule has 0 bridgehead atoms. The maximum atomic E-state index is 13.6. The Hall–Kier alpha value is -2.36. The molecule has 2 aromatic carbocycles. The van der Waals surface area contributed by atoms with Crippen LogP contribution in [0.3, 0.4) is 0 Å². The van der Waals surface area contributed by atoms with Crippen molar-refractivity contribution in [3.8, 4) is 0 Å². The first-order valence-electron chi connectivity index (χ1n) is 6.71. The first kappa shape index (κ1) is 15.0. The van der Waals surface area contributed by atoms with Crippen molar-refractivity contribution in [3.05, 3.63) is 70.3 Å². The molecule has 0 N–H and O–H groups in total. The van der Waals surface area contributed by atoms with E-state index in [0.717, 1.165) is 18.2 Å². The quantitative estimate of drug-likeness (QED) is 0.592. The summed E-state index contributed by atoms with van der Waals surface area (Å²) in [6, 6.07) is 10.4. The van der Waals surface area contributed by atoms with Crippen LogP contribution < -0.4 is 0 Å². The largest absolute Gasteiger partial charge is 0.206 e. The molecular formula is C17H16F2N2. The van der Waals surface area contributed by atoms with Crippen LogP contribution in [0.25, 0.3) is 0 Å². The zero-order chi connectivity index (χ0) is 15.2. The van der Waals surface area contributed by atoms with Gasteiger partial charge in [-0.3, -0.25) is 0 Å². The predicted molar refractivity (Wildman–Crippen MR) is 82.1 cm³/mol. The number of hydrogen-bond acceptors (Lipinski definition) is 2. The molecule has 0 spiro atoms. The molecule has 0 radical (unpaired) electrons. The van der Waals surface area contributed by atoms with Gasteiger partial charge in [0.15, 0.2) is 0 Å². The zero-order valence-electron chi connectivity index (χ0n) is 12.0. The van der Waals surface area contributed by atoms with Gasteiger partial charge in [-0.1, -0.05) is 31.2 Å². The van der Waals surface area contributed by atoms with Crippen LogP contribution in [0.2, 0.25) is 0 Å². The summed E-state index contributed by atoms with van der Waals surface area (Å²) >= 11 is 0. The summed E-state index contributed by atoms with van der Waals surface area (Å²) in [6.45, 7) is 3.71. The molecule has 0 aliphatic rings. The molecule has 0 aliphatic carbocycles. The highest BCUT2D eigenvalue weighted by molar-refractivity contribution is 5.83. The molecule has 0 aliphatic heterocycles. The smallest absolute Gasteiger partial charge is 0.135 e. The first-order chi connectivity index (χ1) is 10.1. The number of halogens is 2. The van der Waals surface area contributed by atoms with E-state index < -0.39 is 11.6 Å². The normalized spacial score (nSPS) is 11.6. The molecule has 0 saturated carbocycles. The molecule has 0 saturated heterocycles. The van der Waals surface area contributed by atoms with E-state index in [0.29, 0.717) is 5.56 Å². The van der Waals surface area contributed by atoms with E-state index in [2.05, 4.69) is 17.1 Å². The molecule has 0 heterocycles. The molecule has 21 heavy (non-hydrogen) atoms. The highest BCUT2D eigenvalue weighted by atomic mass is 19.1. The molecule has 0 aromatic heterocycles. The fourth-order valence-electron chi connectivity index (χ4n) is 1.86. The van der Waals surface area contributed by atoms with Gasteiger partial charge in [0.05, 0.1) is 18.0 Å². The van der Waals surface area contributed by atoms with Crippen molar-refractivity contribution in [3.63, 3.8) is 0 Å². The monoisotopic (exact) mass is 286 g/mol. The van der Waals surface area contributed by atoms with Crippen molar-refractivity contribution < 1.29 is 8.78 Å². The van der Waals surface area contributed by atoms with Crippen LogP contribution in [-0.4, -0.2) is 12.4 Å². The Morgan fingerprint density at radius 3 is 2.10 bits per heavy atom. The van der Waals surface area contributed by atoms with Crippen molar-refractivity contribution in [1.82, 2.24) is 0 Å². The lowest BCUT2D eigenvalue weighted by molar-refractivity contribution is 0.578. The summed E-state index contributed by atoms with van der Waals surface area (Å²) in [7, 11) is 0. The van der Waals surface area contributed by atoms with Crippen molar-refractivity contribution in [1.29, 1.82) is 0 Å². The second kappa shape index (κ2) is 6.88. The third-order valence-electron chi connectivity index (χ3n) is 3.07. The Morgan fingerprint density at radius 2 is 1.52 bits per heavy atom. The van der Waals surface area contributed by atoms with Crippen molar-refractivity contribution in [2.45, 2.75) is 20.3 Å². The number of nitrogens with zero attached hydrogens (tertiary/aromatic N) is 2. The summed E-state index contributed by atoms with van der Waals surface area (Å²) in [5.74, 6) is -1.28. The van der Waals surface area contributed by atoms with E-state index in [1.807, 2.05) is 24.3 Å². The van der Waals surface area contributed by atoms with Crippen LogP contribution >= 0.6 is 0 Å². The standard InChI is InChI=1S/C17H16F2N2/c1-3-13-4-6-14(7-5-13)10-20-21-11-15-16(18)8-12(2)9-17(15)19/h4-11H,3H2,1-2H3/b20-10+,21-11+. The lowest BCUT2D eigenvalue weighted by Crippen LogP contribution is -1.95. The molecule has 0 unspecified atom stereocenters. The topological polar surface area (TPSA) is 24.7 Å². The highest BCUT2D eigenvalue weighted by Crippen LogP contribution is 2.13. The Labute approximate surface area is 122 Å². The molecule has 0 fully saturated rings. The second-order valence-electron chi connectivity index (χ2n) is 4.73. The van der Waals surface area contributed by atoms with Crippen LogP contribution in [0, 0.1) is 18.6 Å². The summed E-state index contributed by atoms with van der Waals surface area (Å²) < 4.78 is 27.1. The maximum absolute atomic E-state index is 13.6. The van der Waals surface area contributed by atoms with Gasteiger partial charge in [0, 0.05) is 0 Å². The minimum atomic E-state index is -0.640. The van der Waals surface area contributed by atoms with Gasteiger partial charge < -0.3 is 0 Å². The van der Waals surface area contributed by atoms with Gasteiger partial charge >= 0.3 is 0 Å². The summed E-state index contributed by atoms with van der Waals surface area (Å²) in [4.78, 5) is 0. The Morgan fingerprint density at radius 1 is 0.952 bits per heavy atom. The average Bonchev–Trinajstić information content (AvgIpc) is 2.46. The first-order valence-corrected chi connectivity index (χ1v) is 6.71. The molecule has 0 atom stereocenters. The van der Waals surface area contributed by atoms with Gasteiger partial charge in [0.1, 0.15) is 11.6 Å². The lowest BCUT2D eigenvalue weighted by Gasteiger charge is -1.99. The van der Waals surface area contributed by atoms with E-state index >= 15 is 0 Å². The molecule has 2 nitrogen and oxygen atoms in total. The van der Waals surface area contributed by atoms with E-state index in [9.17, 15) is 8.78 Å². The van der Waals surface area contributed by atoms with Gasteiger partial charge in [-0.05, 0) is 42.2 Å². The molecule has 2 aromatic rings. The summed E-state index contributed by atoms with van der Waals surface area (Å²) in [5.41, 5.74) is 2.47. The van der Waals surface area contributed by atoms with Crippen LogP contribution in [0.1, 0.15) is 29.2 Å². The van der Waals surface area contributed by atoms with E-state index in [1.165, 1.54) is 17.7 Å². The fourth-order valence-corrected chi connectivity index (χ4v) is 1.86. The van der Waals surface area contributed by atoms with E-state index in [-0.39, 0.29) is 5.56 Å². The third kappa shape index (κ3) is 4.05. The number of aryl methyl sites for hydroxylation is 2. The summed E-state index contributed by atoms with van der Waals surface area (Å²) in [6.07, 6.45) is 3.60. The predicted octanol–water partition coefficient (Wildman–Crippen LogP) is 4.29. The van der Waals surface area contributed by atoms with Crippen LogP contribution in [0.5, 0.6) is 0 Å². The fraction of sp³-hybridized carbons (Fsp3) is 0.176. The Balaban J connectivity index is 2.09. The summed E-state index contributed by atoms with van der Waals surface area (Å²) in [5, 5.41) is 7.50. The van der Waals surface area contributed by atoms with Gasteiger partial charge in [-0.25, -0.2) is 8.78 Å². The number of rotatable bonds is 4. The Kier molecular flexibility index (Phi) is 4.93. The number of benzene rings is 2. The molecular weight excluding hydrogens is 270 g/mol. The zero-order valence-corrected chi connectivity index (χ0v) is 12.0. The van der Waals surface area contributed by atoms with Crippen molar-refractivity contribution in [2.75, 3.05) is 0 Å². The van der Waals surface area contributed by atoms with E-state index in [1.54, 1.807) is 13.1 Å². The SMILES string of the molecule is CCc1ccc(/C=N/N=C/c2c(F)cc(C)cc2F)cc1. The molecule has 2 rings (SSSR count). The van der Waals surface area contributed by atoms with Gasteiger partial charge in [0.25, 0.3) is 0 Å². The number of hydrogen-bond donors (Lipinski definition) is 0. The van der Waals surface area contributed by atoms with Crippen molar-refractivity contribution >= 4 is 12.4 Å².